The number of para-hydroxylation sites is 1. The van der Waals surface area contributed by atoms with Crippen molar-refractivity contribution in [3.63, 3.8) is 0 Å². The number of aromatic nitrogens is 2. The first-order chi connectivity index (χ1) is 17.4. The molecule has 8 nitrogen and oxygen atoms in total. The SMILES string of the molecule is CCOC(=O)c1c(/N=C2\SCC(c3ccccc3)N2c2ccccc2)sc2c(=O)n(C)c(=O)n(C)c12. The van der Waals surface area contributed by atoms with Gasteiger partial charge in [-0.25, -0.2) is 14.6 Å². The molecular weight excluding hydrogens is 496 g/mol. The molecule has 2 aromatic heterocycles. The summed E-state index contributed by atoms with van der Waals surface area (Å²) in [6.07, 6.45) is 0. The van der Waals surface area contributed by atoms with Crippen molar-refractivity contribution in [1.29, 1.82) is 0 Å². The van der Waals surface area contributed by atoms with E-state index in [9.17, 15) is 14.4 Å². The third-order valence-corrected chi connectivity index (χ3v) is 8.15. The van der Waals surface area contributed by atoms with E-state index in [1.54, 1.807) is 25.7 Å². The van der Waals surface area contributed by atoms with Crippen LogP contribution in [0.3, 0.4) is 0 Å². The van der Waals surface area contributed by atoms with Crippen molar-refractivity contribution in [2.45, 2.75) is 13.0 Å². The topological polar surface area (TPSA) is 85.9 Å². The van der Waals surface area contributed by atoms with Gasteiger partial charge in [-0.3, -0.25) is 13.9 Å². The molecule has 184 valence electrons. The number of aryl methyl sites for hydroxylation is 1. The molecule has 2 aromatic carbocycles. The maximum atomic E-state index is 13.1. The van der Waals surface area contributed by atoms with Crippen LogP contribution >= 0.6 is 23.1 Å². The first kappa shape index (κ1) is 24.1. The first-order valence-electron chi connectivity index (χ1n) is 11.4. The quantitative estimate of drug-likeness (QED) is 0.361. The molecule has 1 fully saturated rings. The molecule has 0 spiro atoms. The van der Waals surface area contributed by atoms with Gasteiger partial charge in [-0.2, -0.15) is 0 Å². The Bertz CT molecular complexity index is 1590. The fourth-order valence-corrected chi connectivity index (χ4v) is 6.71. The molecule has 1 atom stereocenters. The molecule has 1 unspecified atom stereocenters. The number of anilines is 1. The zero-order chi connectivity index (χ0) is 25.4. The lowest BCUT2D eigenvalue weighted by atomic mass is 10.1. The number of amidine groups is 1. The fourth-order valence-electron chi connectivity index (χ4n) is 4.30. The van der Waals surface area contributed by atoms with Crippen LogP contribution in [0.2, 0.25) is 0 Å². The van der Waals surface area contributed by atoms with Crippen LogP contribution in [0.25, 0.3) is 10.2 Å². The molecule has 1 aliphatic rings. The highest BCUT2D eigenvalue weighted by atomic mass is 32.2. The van der Waals surface area contributed by atoms with Crippen LogP contribution in [0, 0.1) is 0 Å². The Morgan fingerprint density at radius 3 is 2.36 bits per heavy atom. The number of thioether (sulfide) groups is 1. The van der Waals surface area contributed by atoms with Crippen LogP contribution in [0.4, 0.5) is 10.7 Å². The first-order valence-corrected chi connectivity index (χ1v) is 13.2. The second-order valence-corrected chi connectivity index (χ2v) is 10.2. The monoisotopic (exact) mass is 520 g/mol. The average Bonchev–Trinajstić information content (AvgIpc) is 3.49. The summed E-state index contributed by atoms with van der Waals surface area (Å²) in [4.78, 5) is 45.8. The summed E-state index contributed by atoms with van der Waals surface area (Å²) in [6.45, 7) is 1.87. The van der Waals surface area contributed by atoms with Gasteiger partial charge in [-0.05, 0) is 24.6 Å². The lowest BCUT2D eigenvalue weighted by Crippen LogP contribution is -2.36. The zero-order valence-electron chi connectivity index (χ0n) is 20.0. The number of rotatable bonds is 5. The highest BCUT2D eigenvalue weighted by Crippen LogP contribution is 2.43. The van der Waals surface area contributed by atoms with Crippen LogP contribution in [-0.2, 0) is 18.8 Å². The molecule has 1 aliphatic heterocycles. The normalized spacial score (nSPS) is 16.7. The van der Waals surface area contributed by atoms with Gasteiger partial charge in [-0.15, -0.1) is 11.3 Å². The number of carbonyl (C=O) groups is 1. The minimum atomic E-state index is -0.611. The van der Waals surface area contributed by atoms with Crippen molar-refractivity contribution < 1.29 is 9.53 Å². The maximum absolute atomic E-state index is 13.1. The number of carbonyl (C=O) groups excluding carboxylic acids is 1. The Balaban J connectivity index is 1.73. The summed E-state index contributed by atoms with van der Waals surface area (Å²) in [7, 11) is 2.97. The summed E-state index contributed by atoms with van der Waals surface area (Å²) >= 11 is 2.68. The maximum Gasteiger partial charge on any atom is 0.343 e. The number of ether oxygens (including phenoxy) is 1. The predicted molar refractivity (Wildman–Crippen MR) is 146 cm³/mol. The molecule has 0 radical (unpaired) electrons. The number of esters is 1. The molecule has 3 heterocycles. The van der Waals surface area contributed by atoms with Crippen LogP contribution in [0.5, 0.6) is 0 Å². The van der Waals surface area contributed by atoms with Gasteiger partial charge in [0.05, 0.1) is 18.2 Å². The van der Waals surface area contributed by atoms with Crippen LogP contribution in [0.15, 0.2) is 75.2 Å². The molecule has 4 aromatic rings. The van der Waals surface area contributed by atoms with Gasteiger partial charge in [-0.1, -0.05) is 60.3 Å². The van der Waals surface area contributed by atoms with Crippen LogP contribution < -0.4 is 16.1 Å². The molecule has 1 saturated heterocycles. The third-order valence-electron chi connectivity index (χ3n) is 6.06. The van der Waals surface area contributed by atoms with E-state index in [0.717, 1.165) is 32.9 Å². The fraction of sp³-hybridized carbons (Fsp3) is 0.231. The number of fused-ring (bicyclic) bond motifs is 1. The summed E-state index contributed by atoms with van der Waals surface area (Å²) in [6, 6.07) is 20.2. The Morgan fingerprint density at radius 2 is 1.69 bits per heavy atom. The van der Waals surface area contributed by atoms with Crippen LogP contribution in [0.1, 0.15) is 28.9 Å². The van der Waals surface area contributed by atoms with E-state index in [2.05, 4.69) is 17.0 Å². The summed E-state index contributed by atoms with van der Waals surface area (Å²) < 4.78 is 7.96. The van der Waals surface area contributed by atoms with Gasteiger partial charge in [0.25, 0.3) is 5.56 Å². The molecule has 0 bridgehead atoms. The number of hydrogen-bond donors (Lipinski definition) is 0. The molecule has 0 N–H and O–H groups in total. The van der Waals surface area contributed by atoms with Crippen molar-refractivity contribution in [1.82, 2.24) is 9.13 Å². The van der Waals surface area contributed by atoms with Gasteiger partial charge in [0.15, 0.2) is 5.17 Å². The molecule has 10 heteroatoms. The van der Waals surface area contributed by atoms with Crippen LogP contribution in [-0.4, -0.2) is 32.6 Å². The molecule has 0 saturated carbocycles. The van der Waals surface area contributed by atoms with Crippen molar-refractivity contribution in [2.75, 3.05) is 17.3 Å². The number of nitrogens with zero attached hydrogens (tertiary/aromatic N) is 4. The summed E-state index contributed by atoms with van der Waals surface area (Å²) in [5, 5.41) is 1.05. The Morgan fingerprint density at radius 1 is 1.03 bits per heavy atom. The third kappa shape index (κ3) is 4.06. The van der Waals surface area contributed by atoms with Gasteiger partial charge >= 0.3 is 11.7 Å². The highest BCUT2D eigenvalue weighted by molar-refractivity contribution is 8.14. The van der Waals surface area contributed by atoms with Crippen molar-refractivity contribution >= 4 is 55.1 Å². The lowest BCUT2D eigenvalue weighted by molar-refractivity contribution is 0.0529. The van der Waals surface area contributed by atoms with E-state index in [4.69, 9.17) is 9.73 Å². The molecular formula is C26H24N4O4S2. The Kier molecular flexibility index (Phi) is 6.55. The van der Waals surface area contributed by atoms with E-state index in [1.165, 1.54) is 11.6 Å². The minimum absolute atomic E-state index is 0.0370. The number of benzene rings is 2. The van der Waals surface area contributed by atoms with Crippen molar-refractivity contribution in [2.24, 2.45) is 19.1 Å². The standard InChI is InChI=1S/C26H24N4O4S2/c1-4-34-24(32)19-20-21(23(31)29(3)26(33)28(20)2)36-22(19)27-25-30(17-13-9-6-10-14-17)18(15-35-25)16-11-7-5-8-12-16/h5-14,18H,4,15H2,1-3H3/b27-25-. The van der Waals surface area contributed by atoms with Crippen molar-refractivity contribution in [3.8, 4) is 0 Å². The van der Waals surface area contributed by atoms with E-state index < -0.39 is 17.2 Å². The summed E-state index contributed by atoms with van der Waals surface area (Å²) in [5.74, 6) is 0.151. The second kappa shape index (κ2) is 9.79. The second-order valence-electron chi connectivity index (χ2n) is 8.22. The van der Waals surface area contributed by atoms with Gasteiger partial charge < -0.3 is 9.64 Å². The summed E-state index contributed by atoms with van der Waals surface area (Å²) in [5.41, 5.74) is 1.53. The van der Waals surface area contributed by atoms with Crippen molar-refractivity contribution in [3.05, 3.63) is 92.6 Å². The van der Waals surface area contributed by atoms with E-state index in [-0.39, 0.29) is 28.4 Å². The molecule has 5 rings (SSSR count). The Hall–Kier alpha value is -3.63. The number of aliphatic imine (C=N–C) groups is 1. The average molecular weight is 521 g/mol. The lowest BCUT2D eigenvalue weighted by Gasteiger charge is -2.26. The smallest absolute Gasteiger partial charge is 0.343 e. The number of hydrogen-bond acceptors (Lipinski definition) is 7. The zero-order valence-corrected chi connectivity index (χ0v) is 21.6. The molecule has 36 heavy (non-hydrogen) atoms. The Labute approximate surface area is 215 Å². The van der Waals surface area contributed by atoms with E-state index in [0.29, 0.717) is 10.2 Å². The minimum Gasteiger partial charge on any atom is -0.462 e. The molecule has 0 amide bonds. The van der Waals surface area contributed by atoms with Gasteiger partial charge in [0.1, 0.15) is 15.3 Å². The molecule has 0 aliphatic carbocycles. The van der Waals surface area contributed by atoms with E-state index >= 15 is 0 Å². The number of thiophene rings is 1. The van der Waals surface area contributed by atoms with E-state index in [1.807, 2.05) is 48.5 Å². The largest absolute Gasteiger partial charge is 0.462 e. The highest BCUT2D eigenvalue weighted by Gasteiger charge is 2.34. The van der Waals surface area contributed by atoms with Gasteiger partial charge in [0, 0.05) is 25.5 Å². The van der Waals surface area contributed by atoms with Gasteiger partial charge in [0.2, 0.25) is 0 Å². The predicted octanol–water partition coefficient (Wildman–Crippen LogP) is 4.46.